The predicted octanol–water partition coefficient (Wildman–Crippen LogP) is 5.38. The lowest BCUT2D eigenvalue weighted by Crippen LogP contribution is -2.19. The van der Waals surface area contributed by atoms with Gasteiger partial charge in [0.1, 0.15) is 5.75 Å². The number of pyridine rings is 1. The molecular formula is C21H14F3NO2. The molecule has 3 aromatic rings. The molecule has 3 rings (SSSR count). The molecule has 0 bridgehead atoms. The number of nitrogens with zero attached hydrogens (tertiary/aromatic N) is 1. The van der Waals surface area contributed by atoms with E-state index in [2.05, 4.69) is 9.72 Å². The number of ether oxygens (including phenoxy) is 1. The highest BCUT2D eigenvalue weighted by molar-refractivity contribution is 6.10. The summed E-state index contributed by atoms with van der Waals surface area (Å²) in [6, 6.07) is 18.0. The average Bonchev–Trinajstić information content (AvgIpc) is 2.66. The summed E-state index contributed by atoms with van der Waals surface area (Å²) in [6.07, 6.45) is 0.110. The number of benzene rings is 2. The van der Waals surface area contributed by atoms with Crippen molar-refractivity contribution in [1.29, 1.82) is 0 Å². The van der Waals surface area contributed by atoms with Crippen molar-refractivity contribution in [2.24, 2.45) is 0 Å². The van der Waals surface area contributed by atoms with E-state index in [4.69, 9.17) is 0 Å². The van der Waals surface area contributed by atoms with E-state index >= 15 is 0 Å². The van der Waals surface area contributed by atoms with Gasteiger partial charge in [0.05, 0.1) is 11.3 Å². The predicted molar refractivity (Wildman–Crippen MR) is 96.2 cm³/mol. The molecule has 0 atom stereocenters. The van der Waals surface area contributed by atoms with Crippen molar-refractivity contribution in [2.45, 2.75) is 6.36 Å². The number of ketones is 1. The molecule has 0 saturated heterocycles. The Hall–Kier alpha value is -3.41. The number of hydrogen-bond donors (Lipinski definition) is 0. The van der Waals surface area contributed by atoms with Gasteiger partial charge in [-0.05, 0) is 35.9 Å². The number of aromatic nitrogens is 1. The number of carbonyl (C=O) groups excluding carboxylic acids is 1. The maximum absolute atomic E-state index is 12.5. The number of rotatable bonds is 5. The minimum atomic E-state index is -4.87. The van der Waals surface area contributed by atoms with Gasteiger partial charge in [-0.2, -0.15) is 0 Å². The van der Waals surface area contributed by atoms with E-state index in [9.17, 15) is 18.0 Å². The zero-order valence-electron chi connectivity index (χ0n) is 14.0. The van der Waals surface area contributed by atoms with Crippen LogP contribution in [0.4, 0.5) is 13.2 Å². The summed E-state index contributed by atoms with van der Waals surface area (Å²) in [5.74, 6) is -1.14. The minimum absolute atomic E-state index is 0.171. The molecule has 0 fully saturated rings. The fourth-order valence-electron chi connectivity index (χ4n) is 2.41. The summed E-state index contributed by atoms with van der Waals surface area (Å²) in [6.45, 7) is 0. The molecule has 136 valence electrons. The van der Waals surface area contributed by atoms with E-state index in [1.54, 1.807) is 12.1 Å². The quantitative estimate of drug-likeness (QED) is 0.567. The first-order chi connectivity index (χ1) is 12.9. The average molecular weight is 369 g/mol. The maximum atomic E-state index is 12.5. The molecule has 0 amide bonds. The summed E-state index contributed by atoms with van der Waals surface area (Å²) >= 11 is 0. The Morgan fingerprint density at radius 1 is 0.889 bits per heavy atom. The number of halogens is 3. The van der Waals surface area contributed by atoms with Crippen LogP contribution in [0.15, 0.2) is 72.9 Å². The topological polar surface area (TPSA) is 39.2 Å². The van der Waals surface area contributed by atoms with Gasteiger partial charge in [0.25, 0.3) is 0 Å². The van der Waals surface area contributed by atoms with Crippen molar-refractivity contribution < 1.29 is 22.7 Å². The van der Waals surface area contributed by atoms with Gasteiger partial charge in [-0.25, -0.2) is 0 Å². The standard InChI is InChI=1S/C21H14F3NO2/c22-21(23,24)27-19-9-5-4-8-18(19)20(26)16-11-13-17(25-14-16)12-10-15-6-2-1-3-7-15/h1-14H/b12-10+. The third-order valence-corrected chi connectivity index (χ3v) is 3.65. The van der Waals surface area contributed by atoms with E-state index < -0.39 is 17.9 Å². The molecule has 27 heavy (non-hydrogen) atoms. The third kappa shape index (κ3) is 5.04. The first-order valence-electron chi connectivity index (χ1n) is 8.01. The summed E-state index contributed by atoms with van der Waals surface area (Å²) in [5, 5.41) is 0. The second-order valence-electron chi connectivity index (χ2n) is 5.59. The lowest BCUT2D eigenvalue weighted by atomic mass is 10.0. The summed E-state index contributed by atoms with van der Waals surface area (Å²) in [4.78, 5) is 16.7. The molecule has 0 N–H and O–H groups in total. The van der Waals surface area contributed by atoms with Gasteiger partial charge in [-0.15, -0.1) is 13.2 Å². The maximum Gasteiger partial charge on any atom is 0.573 e. The van der Waals surface area contributed by atoms with Crippen LogP contribution in [0.5, 0.6) is 5.75 Å². The van der Waals surface area contributed by atoms with Crippen LogP contribution in [-0.2, 0) is 0 Å². The zero-order chi connectivity index (χ0) is 19.3. The smallest absolute Gasteiger partial charge is 0.405 e. The number of alkyl halides is 3. The van der Waals surface area contributed by atoms with Gasteiger partial charge in [-0.1, -0.05) is 48.5 Å². The lowest BCUT2D eigenvalue weighted by molar-refractivity contribution is -0.274. The number of hydrogen-bond acceptors (Lipinski definition) is 3. The van der Waals surface area contributed by atoms with Gasteiger partial charge < -0.3 is 4.74 Å². The molecule has 1 heterocycles. The molecule has 0 aliphatic rings. The van der Waals surface area contributed by atoms with E-state index in [1.807, 2.05) is 36.4 Å². The second-order valence-corrected chi connectivity index (χ2v) is 5.59. The second kappa shape index (κ2) is 7.86. The highest BCUT2D eigenvalue weighted by atomic mass is 19.4. The van der Waals surface area contributed by atoms with Crippen LogP contribution in [0.3, 0.4) is 0 Å². The molecule has 0 spiro atoms. The van der Waals surface area contributed by atoms with Crippen molar-refractivity contribution in [1.82, 2.24) is 4.98 Å². The molecule has 2 aromatic carbocycles. The lowest BCUT2D eigenvalue weighted by Gasteiger charge is -2.12. The van der Waals surface area contributed by atoms with Crippen LogP contribution >= 0.6 is 0 Å². The number of carbonyl (C=O) groups is 1. The molecule has 0 saturated carbocycles. The van der Waals surface area contributed by atoms with Gasteiger partial charge in [0.15, 0.2) is 5.78 Å². The minimum Gasteiger partial charge on any atom is -0.405 e. The Morgan fingerprint density at radius 2 is 1.59 bits per heavy atom. The van der Waals surface area contributed by atoms with Crippen molar-refractivity contribution in [3.05, 3.63) is 95.3 Å². The van der Waals surface area contributed by atoms with Crippen LogP contribution < -0.4 is 4.74 Å². The van der Waals surface area contributed by atoms with Gasteiger partial charge in [0, 0.05) is 11.8 Å². The normalized spacial score (nSPS) is 11.5. The van der Waals surface area contributed by atoms with Crippen molar-refractivity contribution >= 4 is 17.9 Å². The van der Waals surface area contributed by atoms with Crippen LogP contribution in [0, 0.1) is 0 Å². The number of para-hydroxylation sites is 1. The van der Waals surface area contributed by atoms with E-state index in [-0.39, 0.29) is 11.1 Å². The molecular weight excluding hydrogens is 355 g/mol. The van der Waals surface area contributed by atoms with Crippen molar-refractivity contribution in [3.63, 3.8) is 0 Å². The van der Waals surface area contributed by atoms with Crippen molar-refractivity contribution in [3.8, 4) is 5.75 Å². The molecule has 1 aromatic heterocycles. The van der Waals surface area contributed by atoms with Crippen LogP contribution in [-0.4, -0.2) is 17.1 Å². The molecule has 0 radical (unpaired) electrons. The first kappa shape index (κ1) is 18.4. The first-order valence-corrected chi connectivity index (χ1v) is 8.01. The fraction of sp³-hybridized carbons (Fsp3) is 0.0476. The molecule has 0 aliphatic heterocycles. The van der Waals surface area contributed by atoms with E-state index in [1.165, 1.54) is 30.5 Å². The highest BCUT2D eigenvalue weighted by Crippen LogP contribution is 2.27. The SMILES string of the molecule is O=C(c1ccc(/C=C/c2ccccc2)nc1)c1ccccc1OC(F)(F)F. The van der Waals surface area contributed by atoms with E-state index in [0.29, 0.717) is 5.69 Å². The zero-order valence-corrected chi connectivity index (χ0v) is 14.0. The molecule has 0 unspecified atom stereocenters. The van der Waals surface area contributed by atoms with Crippen LogP contribution in [0.25, 0.3) is 12.2 Å². The highest BCUT2D eigenvalue weighted by Gasteiger charge is 2.32. The van der Waals surface area contributed by atoms with Gasteiger partial charge in [-0.3, -0.25) is 9.78 Å². The Balaban J connectivity index is 1.80. The Bertz CT molecular complexity index is 949. The van der Waals surface area contributed by atoms with Gasteiger partial charge >= 0.3 is 6.36 Å². The van der Waals surface area contributed by atoms with Crippen LogP contribution in [0.2, 0.25) is 0 Å². The molecule has 3 nitrogen and oxygen atoms in total. The van der Waals surface area contributed by atoms with Gasteiger partial charge in [0.2, 0.25) is 0 Å². The summed E-state index contributed by atoms with van der Waals surface area (Å²) < 4.78 is 41.5. The monoisotopic (exact) mass is 369 g/mol. The Labute approximate surface area is 153 Å². The van der Waals surface area contributed by atoms with E-state index in [0.717, 1.165) is 11.6 Å². The summed E-state index contributed by atoms with van der Waals surface area (Å²) in [5.41, 5.74) is 1.61. The fourth-order valence-corrected chi connectivity index (χ4v) is 2.41. The molecule has 6 heteroatoms. The summed E-state index contributed by atoms with van der Waals surface area (Å²) in [7, 11) is 0. The van der Waals surface area contributed by atoms with Crippen LogP contribution in [0.1, 0.15) is 27.2 Å². The van der Waals surface area contributed by atoms with Crippen molar-refractivity contribution in [2.75, 3.05) is 0 Å². The Morgan fingerprint density at radius 3 is 2.26 bits per heavy atom. The Kier molecular flexibility index (Phi) is 5.35. The molecule has 0 aliphatic carbocycles. The third-order valence-electron chi connectivity index (χ3n) is 3.65. The largest absolute Gasteiger partial charge is 0.573 e.